The van der Waals surface area contributed by atoms with Gasteiger partial charge in [-0.25, -0.2) is 4.98 Å². The van der Waals surface area contributed by atoms with E-state index in [4.69, 9.17) is 14.7 Å². The number of hydrogen-bond acceptors (Lipinski definition) is 6. The predicted molar refractivity (Wildman–Crippen MR) is 109 cm³/mol. The Kier molecular flexibility index (Phi) is 5.43. The van der Waals surface area contributed by atoms with Gasteiger partial charge in [-0.1, -0.05) is 18.2 Å². The van der Waals surface area contributed by atoms with Crippen LogP contribution in [0.5, 0.6) is 0 Å². The molecular weight excluding hydrogens is 354 g/mol. The number of anilines is 2. The molecule has 28 heavy (non-hydrogen) atoms. The average Bonchev–Trinajstić information content (AvgIpc) is 2.96. The van der Waals surface area contributed by atoms with Crippen molar-refractivity contribution < 1.29 is 9.53 Å². The molecule has 1 amide bonds. The van der Waals surface area contributed by atoms with Crippen LogP contribution in [-0.4, -0.2) is 74.3 Å². The predicted octanol–water partition coefficient (Wildman–Crippen LogP) is 1.62. The van der Waals surface area contributed by atoms with E-state index in [1.807, 2.05) is 49.3 Å². The Hall–Kier alpha value is -2.67. The number of rotatable bonds is 3. The van der Waals surface area contributed by atoms with Gasteiger partial charge in [0.25, 0.3) is 5.91 Å². The number of aromatic nitrogens is 2. The molecule has 1 saturated heterocycles. The fourth-order valence-corrected chi connectivity index (χ4v) is 3.81. The summed E-state index contributed by atoms with van der Waals surface area (Å²) in [5, 5.41) is 0. The van der Waals surface area contributed by atoms with E-state index in [0.717, 1.165) is 54.5 Å². The number of carbonyl (C=O) groups excluding carboxylic acids is 1. The second-order valence-electron chi connectivity index (χ2n) is 7.42. The van der Waals surface area contributed by atoms with Crippen LogP contribution >= 0.6 is 0 Å². The SMILES string of the molecule is CN(C)c1nc(N2CCOCC2)nc2c1CCN(C(=O)c1ccccc1)CC2. The zero-order chi connectivity index (χ0) is 19.5. The first-order valence-corrected chi connectivity index (χ1v) is 9.87. The van der Waals surface area contributed by atoms with Gasteiger partial charge in [0, 0.05) is 57.8 Å². The number of morpholine rings is 1. The lowest BCUT2D eigenvalue weighted by atomic mass is 10.1. The Morgan fingerprint density at radius 1 is 1.00 bits per heavy atom. The van der Waals surface area contributed by atoms with Crippen molar-refractivity contribution in [3.8, 4) is 0 Å². The highest BCUT2D eigenvalue weighted by Crippen LogP contribution is 2.27. The third-order valence-electron chi connectivity index (χ3n) is 5.33. The quantitative estimate of drug-likeness (QED) is 0.805. The van der Waals surface area contributed by atoms with Gasteiger partial charge in [0.1, 0.15) is 5.82 Å². The van der Waals surface area contributed by atoms with Crippen molar-refractivity contribution in [3.63, 3.8) is 0 Å². The maximum absolute atomic E-state index is 12.9. The van der Waals surface area contributed by atoms with Gasteiger partial charge in [-0.3, -0.25) is 4.79 Å². The third-order valence-corrected chi connectivity index (χ3v) is 5.33. The molecule has 1 fully saturated rings. The molecule has 0 unspecified atom stereocenters. The Bertz CT molecular complexity index is 834. The molecule has 7 heteroatoms. The number of fused-ring (bicyclic) bond motifs is 1. The fraction of sp³-hybridized carbons (Fsp3) is 0.476. The molecule has 4 rings (SSSR count). The lowest BCUT2D eigenvalue weighted by Crippen LogP contribution is -2.38. The van der Waals surface area contributed by atoms with Crippen LogP contribution in [0, 0.1) is 0 Å². The summed E-state index contributed by atoms with van der Waals surface area (Å²) in [5.74, 6) is 1.82. The van der Waals surface area contributed by atoms with Crippen LogP contribution in [0.15, 0.2) is 30.3 Å². The zero-order valence-corrected chi connectivity index (χ0v) is 16.6. The van der Waals surface area contributed by atoms with E-state index in [2.05, 4.69) is 9.80 Å². The molecule has 0 atom stereocenters. The van der Waals surface area contributed by atoms with Crippen LogP contribution in [0.3, 0.4) is 0 Å². The molecule has 0 N–H and O–H groups in total. The maximum atomic E-state index is 12.9. The van der Waals surface area contributed by atoms with Crippen LogP contribution in [0.25, 0.3) is 0 Å². The molecule has 3 heterocycles. The number of ether oxygens (including phenoxy) is 1. The highest BCUT2D eigenvalue weighted by atomic mass is 16.5. The summed E-state index contributed by atoms with van der Waals surface area (Å²) in [6.45, 7) is 4.39. The summed E-state index contributed by atoms with van der Waals surface area (Å²) in [5.41, 5.74) is 2.95. The Morgan fingerprint density at radius 2 is 1.71 bits per heavy atom. The standard InChI is InChI=1S/C21H27N5O2/c1-24(2)19-17-8-10-25(20(27)16-6-4-3-5-7-16)11-9-18(17)22-21(23-19)26-12-14-28-15-13-26/h3-7H,8-15H2,1-2H3. The van der Waals surface area contributed by atoms with Gasteiger partial charge in [0.15, 0.2) is 0 Å². The van der Waals surface area contributed by atoms with Gasteiger partial charge in [-0.2, -0.15) is 4.98 Å². The minimum atomic E-state index is 0.0844. The number of hydrogen-bond donors (Lipinski definition) is 0. The van der Waals surface area contributed by atoms with Crippen LogP contribution < -0.4 is 9.80 Å². The summed E-state index contributed by atoms with van der Waals surface area (Å²) >= 11 is 0. The molecular formula is C21H27N5O2. The van der Waals surface area contributed by atoms with Crippen molar-refractivity contribution >= 4 is 17.7 Å². The molecule has 1 aromatic carbocycles. The number of nitrogens with zero attached hydrogens (tertiary/aromatic N) is 5. The first-order valence-electron chi connectivity index (χ1n) is 9.87. The van der Waals surface area contributed by atoms with Gasteiger partial charge in [-0.05, 0) is 18.6 Å². The second-order valence-corrected chi connectivity index (χ2v) is 7.42. The van der Waals surface area contributed by atoms with Gasteiger partial charge < -0.3 is 19.4 Å². The smallest absolute Gasteiger partial charge is 0.253 e. The molecule has 0 bridgehead atoms. The van der Waals surface area contributed by atoms with Gasteiger partial charge in [-0.15, -0.1) is 0 Å². The summed E-state index contributed by atoms with van der Waals surface area (Å²) in [4.78, 5) is 28.8. The van der Waals surface area contributed by atoms with Crippen LogP contribution in [0.4, 0.5) is 11.8 Å². The first kappa shape index (κ1) is 18.7. The van der Waals surface area contributed by atoms with E-state index in [1.165, 1.54) is 0 Å². The Morgan fingerprint density at radius 3 is 2.43 bits per heavy atom. The molecule has 2 aliphatic rings. The zero-order valence-electron chi connectivity index (χ0n) is 16.6. The Labute approximate surface area is 165 Å². The lowest BCUT2D eigenvalue weighted by molar-refractivity contribution is 0.0763. The fourth-order valence-electron chi connectivity index (χ4n) is 3.81. The van der Waals surface area contributed by atoms with E-state index >= 15 is 0 Å². The number of benzene rings is 1. The topological polar surface area (TPSA) is 61.8 Å². The largest absolute Gasteiger partial charge is 0.378 e. The number of amides is 1. The molecule has 0 radical (unpaired) electrons. The molecule has 2 aromatic rings. The van der Waals surface area contributed by atoms with E-state index in [-0.39, 0.29) is 5.91 Å². The Balaban J connectivity index is 1.60. The highest BCUT2D eigenvalue weighted by Gasteiger charge is 2.25. The van der Waals surface area contributed by atoms with Crippen molar-refractivity contribution in [1.82, 2.24) is 14.9 Å². The third kappa shape index (κ3) is 3.80. The minimum Gasteiger partial charge on any atom is -0.378 e. The van der Waals surface area contributed by atoms with E-state index in [0.29, 0.717) is 26.3 Å². The number of carbonyl (C=O) groups is 1. The summed E-state index contributed by atoms with van der Waals surface area (Å²) < 4.78 is 5.46. The molecule has 2 aliphatic heterocycles. The van der Waals surface area contributed by atoms with Crippen molar-refractivity contribution in [2.24, 2.45) is 0 Å². The lowest BCUT2D eigenvalue weighted by Gasteiger charge is -2.28. The monoisotopic (exact) mass is 381 g/mol. The van der Waals surface area contributed by atoms with Crippen molar-refractivity contribution in [3.05, 3.63) is 47.2 Å². The molecule has 0 aliphatic carbocycles. The first-order chi connectivity index (χ1) is 13.6. The van der Waals surface area contributed by atoms with Crippen LogP contribution in [0.2, 0.25) is 0 Å². The normalized spacial score (nSPS) is 17.1. The van der Waals surface area contributed by atoms with Crippen LogP contribution in [-0.2, 0) is 17.6 Å². The van der Waals surface area contributed by atoms with Gasteiger partial charge >= 0.3 is 0 Å². The van der Waals surface area contributed by atoms with Gasteiger partial charge in [0.2, 0.25) is 5.95 Å². The minimum absolute atomic E-state index is 0.0844. The summed E-state index contributed by atoms with van der Waals surface area (Å²) in [6, 6.07) is 9.50. The molecule has 0 saturated carbocycles. The van der Waals surface area contributed by atoms with Crippen LogP contribution in [0.1, 0.15) is 21.6 Å². The second kappa shape index (κ2) is 8.14. The van der Waals surface area contributed by atoms with E-state index < -0.39 is 0 Å². The summed E-state index contributed by atoms with van der Waals surface area (Å²) in [6.07, 6.45) is 1.51. The van der Waals surface area contributed by atoms with E-state index in [1.54, 1.807) is 0 Å². The molecule has 148 valence electrons. The summed E-state index contributed by atoms with van der Waals surface area (Å²) in [7, 11) is 4.03. The van der Waals surface area contributed by atoms with Crippen molar-refractivity contribution in [2.75, 3.05) is 63.3 Å². The van der Waals surface area contributed by atoms with Crippen molar-refractivity contribution in [2.45, 2.75) is 12.8 Å². The van der Waals surface area contributed by atoms with E-state index in [9.17, 15) is 4.79 Å². The average molecular weight is 381 g/mol. The van der Waals surface area contributed by atoms with Gasteiger partial charge in [0.05, 0.1) is 18.9 Å². The highest BCUT2D eigenvalue weighted by molar-refractivity contribution is 5.94. The molecule has 7 nitrogen and oxygen atoms in total. The maximum Gasteiger partial charge on any atom is 0.253 e. The molecule has 0 spiro atoms. The van der Waals surface area contributed by atoms with Crippen molar-refractivity contribution in [1.29, 1.82) is 0 Å². The molecule has 1 aromatic heterocycles.